The molecule has 1 aromatic heterocycles. The van der Waals surface area contributed by atoms with Crippen LogP contribution in [0.1, 0.15) is 28.3 Å². The number of aromatic nitrogens is 1. The number of amides is 1. The third-order valence-corrected chi connectivity index (χ3v) is 4.15. The molecule has 1 aliphatic rings. The van der Waals surface area contributed by atoms with E-state index in [-0.39, 0.29) is 17.7 Å². The first-order valence-corrected chi connectivity index (χ1v) is 7.47. The lowest BCUT2D eigenvalue weighted by molar-refractivity contribution is -0.138. The van der Waals surface area contributed by atoms with Crippen LogP contribution < -0.4 is 0 Å². The molecule has 5 heteroatoms. The zero-order valence-electron chi connectivity index (χ0n) is 13.1. The maximum absolute atomic E-state index is 12.1. The van der Waals surface area contributed by atoms with Crippen molar-refractivity contribution in [1.29, 1.82) is 0 Å². The second-order valence-corrected chi connectivity index (χ2v) is 6.07. The minimum absolute atomic E-state index is 0.0898. The average molecular weight is 310 g/mol. The predicted molar refractivity (Wildman–Crippen MR) is 86.2 cm³/mol. The molecule has 2 aromatic rings. The van der Waals surface area contributed by atoms with E-state index in [4.69, 9.17) is 5.11 Å². The van der Waals surface area contributed by atoms with E-state index in [0.717, 1.165) is 16.7 Å². The van der Waals surface area contributed by atoms with E-state index in [1.807, 2.05) is 30.3 Å². The molecule has 0 radical (unpaired) electrons. The Bertz CT molecular complexity index is 770. The van der Waals surface area contributed by atoms with Crippen LogP contribution >= 0.6 is 0 Å². The van der Waals surface area contributed by atoms with Gasteiger partial charge in [0.05, 0.1) is 11.5 Å². The lowest BCUT2D eigenvalue weighted by Crippen LogP contribution is -2.21. The summed E-state index contributed by atoms with van der Waals surface area (Å²) in [6.07, 6.45) is 3.96. The molecule has 0 bridgehead atoms. The summed E-state index contributed by atoms with van der Waals surface area (Å²) in [5.74, 6) is -1.01. The number of hydrogen-bond acceptors (Lipinski definition) is 3. The van der Waals surface area contributed by atoms with Gasteiger partial charge in [0.15, 0.2) is 0 Å². The standard InChI is InChI=1S/C18H18N2O3/c1-20(2)17(21)14-7-13(9-19-10-14)11-4-3-5-12(6-11)15-8-16(15)18(22)23/h3-7,9-10,15-16H,8H2,1-2H3,(H,22,23)/t15-,16+/m0/s1. The number of carbonyl (C=O) groups is 2. The van der Waals surface area contributed by atoms with Crippen molar-refractivity contribution in [3.63, 3.8) is 0 Å². The predicted octanol–water partition coefficient (Wildman–Crippen LogP) is 2.64. The van der Waals surface area contributed by atoms with Crippen molar-refractivity contribution in [3.05, 3.63) is 53.9 Å². The van der Waals surface area contributed by atoms with Crippen LogP contribution in [0.15, 0.2) is 42.7 Å². The molecule has 1 saturated carbocycles. The van der Waals surface area contributed by atoms with Crippen LogP contribution in [0.25, 0.3) is 11.1 Å². The first kappa shape index (κ1) is 15.2. The smallest absolute Gasteiger partial charge is 0.307 e. The average Bonchev–Trinajstić information content (AvgIpc) is 3.35. The fourth-order valence-electron chi connectivity index (χ4n) is 2.76. The van der Waals surface area contributed by atoms with Crippen molar-refractivity contribution in [2.45, 2.75) is 12.3 Å². The number of benzene rings is 1. The summed E-state index contributed by atoms with van der Waals surface area (Å²) in [6, 6.07) is 9.63. The normalized spacial score (nSPS) is 19.2. The summed E-state index contributed by atoms with van der Waals surface area (Å²) in [5.41, 5.74) is 3.36. The van der Waals surface area contributed by atoms with Gasteiger partial charge in [0, 0.05) is 32.1 Å². The highest BCUT2D eigenvalue weighted by atomic mass is 16.4. The monoisotopic (exact) mass is 310 g/mol. The van der Waals surface area contributed by atoms with E-state index in [1.54, 1.807) is 26.5 Å². The summed E-state index contributed by atoms with van der Waals surface area (Å²) in [4.78, 5) is 28.8. The first-order chi connectivity index (χ1) is 11.0. The summed E-state index contributed by atoms with van der Waals surface area (Å²) in [5, 5.41) is 9.07. The largest absolute Gasteiger partial charge is 0.481 e. The molecule has 3 rings (SSSR count). The Balaban J connectivity index is 1.89. The topological polar surface area (TPSA) is 70.5 Å². The Hall–Kier alpha value is -2.69. The minimum atomic E-state index is -0.736. The third kappa shape index (κ3) is 3.08. The van der Waals surface area contributed by atoms with Gasteiger partial charge in [0.1, 0.15) is 0 Å². The summed E-state index contributed by atoms with van der Waals surface area (Å²) >= 11 is 0. The third-order valence-electron chi connectivity index (χ3n) is 4.15. The van der Waals surface area contributed by atoms with Crippen molar-refractivity contribution in [2.24, 2.45) is 5.92 Å². The molecule has 0 aliphatic heterocycles. The number of nitrogens with zero attached hydrogens (tertiary/aromatic N) is 2. The van der Waals surface area contributed by atoms with Crippen LogP contribution in [0.3, 0.4) is 0 Å². The second-order valence-electron chi connectivity index (χ2n) is 6.07. The molecule has 1 amide bonds. The zero-order chi connectivity index (χ0) is 16.6. The number of aliphatic carboxylic acids is 1. The van der Waals surface area contributed by atoms with Crippen molar-refractivity contribution in [1.82, 2.24) is 9.88 Å². The number of carboxylic acids is 1. The van der Waals surface area contributed by atoms with Crippen molar-refractivity contribution in [2.75, 3.05) is 14.1 Å². The molecule has 2 atom stereocenters. The van der Waals surface area contributed by atoms with E-state index in [1.165, 1.54) is 4.90 Å². The van der Waals surface area contributed by atoms with Gasteiger partial charge in [-0.15, -0.1) is 0 Å². The Morgan fingerprint density at radius 3 is 2.61 bits per heavy atom. The van der Waals surface area contributed by atoms with Crippen molar-refractivity contribution in [3.8, 4) is 11.1 Å². The van der Waals surface area contributed by atoms with Crippen LogP contribution in [0.4, 0.5) is 0 Å². The zero-order valence-corrected chi connectivity index (χ0v) is 13.1. The number of carboxylic acid groups (broad SMARTS) is 1. The number of hydrogen-bond donors (Lipinski definition) is 1. The summed E-state index contributed by atoms with van der Waals surface area (Å²) in [6.45, 7) is 0. The van der Waals surface area contributed by atoms with Crippen LogP contribution in [-0.2, 0) is 4.79 Å². The Labute approximate surface area is 134 Å². The van der Waals surface area contributed by atoms with Crippen LogP contribution in [-0.4, -0.2) is 41.0 Å². The van der Waals surface area contributed by atoms with E-state index in [0.29, 0.717) is 12.0 Å². The maximum atomic E-state index is 12.1. The molecule has 0 unspecified atom stereocenters. The van der Waals surface area contributed by atoms with E-state index in [9.17, 15) is 9.59 Å². The molecule has 1 heterocycles. The SMILES string of the molecule is CN(C)C(=O)c1cncc(-c2cccc([C@@H]3C[C@H]3C(=O)O)c2)c1. The molecule has 23 heavy (non-hydrogen) atoms. The Morgan fingerprint density at radius 2 is 1.96 bits per heavy atom. The maximum Gasteiger partial charge on any atom is 0.307 e. The fraction of sp³-hybridized carbons (Fsp3) is 0.278. The van der Waals surface area contributed by atoms with Gasteiger partial charge in [0.2, 0.25) is 0 Å². The van der Waals surface area contributed by atoms with E-state index in [2.05, 4.69) is 4.98 Å². The molecule has 1 aromatic carbocycles. The molecule has 1 fully saturated rings. The van der Waals surface area contributed by atoms with Gasteiger partial charge in [-0.2, -0.15) is 0 Å². The molecule has 5 nitrogen and oxygen atoms in total. The van der Waals surface area contributed by atoms with Gasteiger partial charge in [-0.1, -0.05) is 24.3 Å². The number of pyridine rings is 1. The first-order valence-electron chi connectivity index (χ1n) is 7.47. The van der Waals surface area contributed by atoms with Crippen molar-refractivity contribution >= 4 is 11.9 Å². The molecule has 118 valence electrons. The Kier molecular flexibility index (Phi) is 3.86. The molecular weight excluding hydrogens is 292 g/mol. The van der Waals surface area contributed by atoms with Crippen LogP contribution in [0.2, 0.25) is 0 Å². The Morgan fingerprint density at radius 1 is 1.17 bits per heavy atom. The number of rotatable bonds is 4. The highest BCUT2D eigenvalue weighted by molar-refractivity contribution is 5.94. The van der Waals surface area contributed by atoms with Crippen molar-refractivity contribution < 1.29 is 14.7 Å². The van der Waals surface area contributed by atoms with Gasteiger partial charge in [-0.05, 0) is 29.5 Å². The van der Waals surface area contributed by atoms with E-state index >= 15 is 0 Å². The minimum Gasteiger partial charge on any atom is -0.481 e. The van der Waals surface area contributed by atoms with Crippen LogP contribution in [0, 0.1) is 5.92 Å². The lowest BCUT2D eigenvalue weighted by Gasteiger charge is -2.11. The highest BCUT2D eigenvalue weighted by Gasteiger charge is 2.44. The van der Waals surface area contributed by atoms with Gasteiger partial charge >= 0.3 is 5.97 Å². The molecule has 0 spiro atoms. The lowest BCUT2D eigenvalue weighted by atomic mass is 10.0. The van der Waals surface area contributed by atoms with Gasteiger partial charge in [0.25, 0.3) is 5.91 Å². The molecular formula is C18H18N2O3. The van der Waals surface area contributed by atoms with E-state index < -0.39 is 5.97 Å². The van der Waals surface area contributed by atoms with Gasteiger partial charge in [-0.25, -0.2) is 0 Å². The molecule has 0 saturated heterocycles. The van der Waals surface area contributed by atoms with Gasteiger partial charge in [-0.3, -0.25) is 14.6 Å². The van der Waals surface area contributed by atoms with Gasteiger partial charge < -0.3 is 10.0 Å². The summed E-state index contributed by atoms with van der Waals surface area (Å²) in [7, 11) is 3.41. The van der Waals surface area contributed by atoms with Crippen LogP contribution in [0.5, 0.6) is 0 Å². The fourth-order valence-corrected chi connectivity index (χ4v) is 2.76. The molecule has 1 aliphatic carbocycles. The highest BCUT2D eigenvalue weighted by Crippen LogP contribution is 2.48. The number of carbonyl (C=O) groups excluding carboxylic acids is 1. The second kappa shape index (κ2) is 5.83. The molecule has 1 N–H and O–H groups in total. The quantitative estimate of drug-likeness (QED) is 0.942. The summed E-state index contributed by atoms with van der Waals surface area (Å²) < 4.78 is 0.